The highest BCUT2D eigenvalue weighted by Gasteiger charge is 2.25. The molecule has 1 saturated carbocycles. The number of halogens is 1. The standard InChI is InChI=1S/C12H16ClN5/c13-5-1-2-10-7-17(16-15-10)8-12-6-14-9-18(12)11-3-4-11/h6-7,9,11H,1-5,8H2. The van der Waals surface area contributed by atoms with Gasteiger partial charge in [0.1, 0.15) is 0 Å². The van der Waals surface area contributed by atoms with Gasteiger partial charge in [-0.2, -0.15) is 0 Å². The van der Waals surface area contributed by atoms with Crippen molar-refractivity contribution < 1.29 is 0 Å². The quantitative estimate of drug-likeness (QED) is 0.751. The van der Waals surface area contributed by atoms with Crippen LogP contribution in [0.4, 0.5) is 0 Å². The molecular formula is C12H16ClN5. The predicted octanol–water partition coefficient (Wildman–Crippen LogP) is 2.03. The average molecular weight is 266 g/mol. The molecule has 0 bridgehead atoms. The van der Waals surface area contributed by atoms with E-state index in [1.165, 1.54) is 18.5 Å². The Labute approximate surface area is 111 Å². The zero-order chi connectivity index (χ0) is 12.4. The molecule has 6 heteroatoms. The van der Waals surface area contributed by atoms with Gasteiger partial charge in [-0.1, -0.05) is 5.21 Å². The van der Waals surface area contributed by atoms with Crippen molar-refractivity contribution in [1.29, 1.82) is 0 Å². The van der Waals surface area contributed by atoms with Crippen LogP contribution in [0, 0.1) is 0 Å². The minimum Gasteiger partial charge on any atom is -0.330 e. The van der Waals surface area contributed by atoms with Gasteiger partial charge in [0, 0.05) is 18.1 Å². The van der Waals surface area contributed by atoms with Gasteiger partial charge in [-0.15, -0.1) is 16.7 Å². The molecule has 1 fully saturated rings. The van der Waals surface area contributed by atoms with E-state index in [2.05, 4.69) is 19.9 Å². The summed E-state index contributed by atoms with van der Waals surface area (Å²) in [5, 5.41) is 8.30. The van der Waals surface area contributed by atoms with Crippen LogP contribution in [0.3, 0.4) is 0 Å². The minimum absolute atomic E-state index is 0.654. The van der Waals surface area contributed by atoms with Gasteiger partial charge >= 0.3 is 0 Å². The monoisotopic (exact) mass is 265 g/mol. The third-order valence-corrected chi connectivity index (χ3v) is 3.43. The first-order valence-corrected chi connectivity index (χ1v) is 6.86. The smallest absolute Gasteiger partial charge is 0.0951 e. The zero-order valence-corrected chi connectivity index (χ0v) is 10.9. The number of hydrogen-bond acceptors (Lipinski definition) is 3. The molecule has 5 nitrogen and oxygen atoms in total. The summed E-state index contributed by atoms with van der Waals surface area (Å²) in [4.78, 5) is 4.22. The molecule has 0 atom stereocenters. The van der Waals surface area contributed by atoms with Crippen molar-refractivity contribution in [2.45, 2.75) is 38.3 Å². The Kier molecular flexibility index (Phi) is 3.32. The van der Waals surface area contributed by atoms with Gasteiger partial charge in [0.15, 0.2) is 0 Å². The number of alkyl halides is 1. The Hall–Kier alpha value is -1.36. The maximum atomic E-state index is 5.67. The second-order valence-electron chi connectivity index (χ2n) is 4.72. The predicted molar refractivity (Wildman–Crippen MR) is 68.7 cm³/mol. The lowest BCUT2D eigenvalue weighted by molar-refractivity contribution is 0.596. The van der Waals surface area contributed by atoms with Crippen LogP contribution in [0.2, 0.25) is 0 Å². The molecule has 0 aromatic carbocycles. The summed E-state index contributed by atoms with van der Waals surface area (Å²) >= 11 is 5.67. The Morgan fingerprint density at radius 3 is 3.06 bits per heavy atom. The molecule has 0 radical (unpaired) electrons. The Morgan fingerprint density at radius 2 is 2.28 bits per heavy atom. The van der Waals surface area contributed by atoms with E-state index in [0.29, 0.717) is 11.9 Å². The van der Waals surface area contributed by atoms with Crippen LogP contribution in [0.25, 0.3) is 0 Å². The highest BCUT2D eigenvalue weighted by atomic mass is 35.5. The highest BCUT2D eigenvalue weighted by molar-refractivity contribution is 6.17. The summed E-state index contributed by atoms with van der Waals surface area (Å²) in [6.45, 7) is 0.740. The zero-order valence-electron chi connectivity index (χ0n) is 10.2. The van der Waals surface area contributed by atoms with E-state index in [-0.39, 0.29) is 0 Å². The highest BCUT2D eigenvalue weighted by Crippen LogP contribution is 2.35. The molecule has 18 heavy (non-hydrogen) atoms. The maximum Gasteiger partial charge on any atom is 0.0951 e. The Bertz CT molecular complexity index is 514. The van der Waals surface area contributed by atoms with E-state index < -0.39 is 0 Å². The summed E-state index contributed by atoms with van der Waals surface area (Å²) in [5.41, 5.74) is 2.21. The molecule has 96 valence electrons. The molecule has 0 aliphatic heterocycles. The van der Waals surface area contributed by atoms with Crippen molar-refractivity contribution in [2.75, 3.05) is 5.88 Å². The van der Waals surface area contributed by atoms with Crippen molar-refractivity contribution in [3.63, 3.8) is 0 Å². The average Bonchev–Trinajstić information content (AvgIpc) is 2.96. The van der Waals surface area contributed by atoms with Gasteiger partial charge in [-0.3, -0.25) is 0 Å². The van der Waals surface area contributed by atoms with Crippen LogP contribution in [0.15, 0.2) is 18.7 Å². The molecular weight excluding hydrogens is 250 g/mol. The fourth-order valence-electron chi connectivity index (χ4n) is 2.08. The first-order chi connectivity index (χ1) is 8.86. The molecule has 0 unspecified atom stereocenters. The number of nitrogens with zero attached hydrogens (tertiary/aromatic N) is 5. The molecule has 3 rings (SSSR count). The molecule has 2 aromatic rings. The van der Waals surface area contributed by atoms with E-state index in [9.17, 15) is 0 Å². The summed E-state index contributed by atoms with van der Waals surface area (Å²) in [5.74, 6) is 0.668. The molecule has 0 spiro atoms. The normalized spacial score (nSPS) is 15.2. The van der Waals surface area contributed by atoms with Gasteiger partial charge in [0.25, 0.3) is 0 Å². The fraction of sp³-hybridized carbons (Fsp3) is 0.583. The lowest BCUT2D eigenvalue weighted by atomic mass is 10.3. The second kappa shape index (κ2) is 5.10. The number of aryl methyl sites for hydroxylation is 1. The molecule has 2 heterocycles. The molecule has 1 aliphatic rings. The lowest BCUT2D eigenvalue weighted by Gasteiger charge is -2.05. The van der Waals surface area contributed by atoms with Crippen LogP contribution in [0.5, 0.6) is 0 Å². The van der Waals surface area contributed by atoms with E-state index in [1.54, 1.807) is 0 Å². The summed E-state index contributed by atoms with van der Waals surface area (Å²) in [6.07, 6.45) is 10.2. The van der Waals surface area contributed by atoms with Crippen molar-refractivity contribution >= 4 is 11.6 Å². The summed E-state index contributed by atoms with van der Waals surface area (Å²) in [7, 11) is 0. The molecule has 0 N–H and O–H groups in total. The Morgan fingerprint density at radius 1 is 1.39 bits per heavy atom. The van der Waals surface area contributed by atoms with Crippen LogP contribution >= 0.6 is 11.6 Å². The fourth-order valence-corrected chi connectivity index (χ4v) is 2.21. The van der Waals surface area contributed by atoms with E-state index >= 15 is 0 Å². The third-order valence-electron chi connectivity index (χ3n) is 3.16. The number of hydrogen-bond donors (Lipinski definition) is 0. The van der Waals surface area contributed by atoms with Gasteiger partial charge in [-0.05, 0) is 25.7 Å². The lowest BCUT2D eigenvalue weighted by Crippen LogP contribution is -2.06. The number of aromatic nitrogens is 5. The topological polar surface area (TPSA) is 48.5 Å². The maximum absolute atomic E-state index is 5.67. The van der Waals surface area contributed by atoms with Gasteiger partial charge in [0.2, 0.25) is 0 Å². The second-order valence-corrected chi connectivity index (χ2v) is 5.10. The largest absolute Gasteiger partial charge is 0.330 e. The van der Waals surface area contributed by atoms with Gasteiger partial charge in [0.05, 0.1) is 30.5 Å². The van der Waals surface area contributed by atoms with Crippen molar-refractivity contribution in [2.24, 2.45) is 0 Å². The molecule has 0 saturated heterocycles. The minimum atomic E-state index is 0.654. The van der Waals surface area contributed by atoms with Crippen molar-refractivity contribution in [1.82, 2.24) is 24.5 Å². The number of imidazole rings is 1. The molecule has 0 amide bonds. The molecule has 1 aliphatic carbocycles. The molecule has 2 aromatic heterocycles. The first-order valence-electron chi connectivity index (χ1n) is 6.32. The van der Waals surface area contributed by atoms with Crippen LogP contribution in [-0.2, 0) is 13.0 Å². The first kappa shape index (κ1) is 11.7. The number of rotatable bonds is 6. The van der Waals surface area contributed by atoms with Crippen molar-refractivity contribution in [3.05, 3.63) is 30.1 Å². The summed E-state index contributed by atoms with van der Waals surface area (Å²) < 4.78 is 4.12. The van der Waals surface area contributed by atoms with Crippen molar-refractivity contribution in [3.8, 4) is 0 Å². The van der Waals surface area contributed by atoms with Crippen LogP contribution in [0.1, 0.15) is 36.7 Å². The SMILES string of the molecule is ClCCCc1cn(Cc2cncn2C2CC2)nn1. The van der Waals surface area contributed by atoms with E-state index in [0.717, 1.165) is 25.1 Å². The Balaban J connectivity index is 1.67. The van der Waals surface area contributed by atoms with Crippen LogP contribution in [-0.4, -0.2) is 30.4 Å². The van der Waals surface area contributed by atoms with E-state index in [4.69, 9.17) is 11.6 Å². The van der Waals surface area contributed by atoms with Gasteiger partial charge < -0.3 is 4.57 Å². The van der Waals surface area contributed by atoms with Gasteiger partial charge in [-0.25, -0.2) is 9.67 Å². The van der Waals surface area contributed by atoms with Crippen LogP contribution < -0.4 is 0 Å². The van der Waals surface area contributed by atoms with E-state index in [1.807, 2.05) is 23.4 Å². The third kappa shape index (κ3) is 2.56. The summed E-state index contributed by atoms with van der Waals surface area (Å²) in [6, 6.07) is 0.654.